The summed E-state index contributed by atoms with van der Waals surface area (Å²) in [5.41, 5.74) is 1.28. The lowest BCUT2D eigenvalue weighted by Crippen LogP contribution is -2.38. The number of ether oxygens (including phenoxy) is 1. The molecule has 0 bridgehead atoms. The van der Waals surface area contributed by atoms with Gasteiger partial charge in [0.05, 0.1) is 5.25 Å². The zero-order valence-corrected chi connectivity index (χ0v) is 19.5. The summed E-state index contributed by atoms with van der Waals surface area (Å²) in [5.74, 6) is 1.38. The molecule has 0 fully saturated rings. The molecule has 1 N–H and O–H groups in total. The van der Waals surface area contributed by atoms with E-state index < -0.39 is 0 Å². The van der Waals surface area contributed by atoms with Crippen LogP contribution in [0.1, 0.15) is 31.7 Å². The van der Waals surface area contributed by atoms with E-state index in [4.69, 9.17) is 16.3 Å². The Morgan fingerprint density at radius 1 is 1.13 bits per heavy atom. The summed E-state index contributed by atoms with van der Waals surface area (Å²) < 4.78 is 7.59. The Balaban J connectivity index is 1.47. The highest BCUT2D eigenvalue weighted by Gasteiger charge is 2.20. The third-order valence-corrected chi connectivity index (χ3v) is 6.24. The Labute approximate surface area is 192 Å². The molecule has 2 atom stereocenters. The van der Waals surface area contributed by atoms with Crippen LogP contribution in [0.5, 0.6) is 5.75 Å². The van der Waals surface area contributed by atoms with Crippen LogP contribution in [-0.4, -0.2) is 32.0 Å². The van der Waals surface area contributed by atoms with Crippen molar-refractivity contribution in [3.05, 3.63) is 71.0 Å². The van der Waals surface area contributed by atoms with Gasteiger partial charge in [-0.05, 0) is 56.5 Å². The van der Waals surface area contributed by atoms with Gasteiger partial charge in [0.25, 0.3) is 0 Å². The van der Waals surface area contributed by atoms with Gasteiger partial charge in [-0.3, -0.25) is 4.79 Å². The minimum Gasteiger partial charge on any atom is -0.486 e. The molecule has 0 radical (unpaired) electrons. The van der Waals surface area contributed by atoms with Crippen molar-refractivity contribution < 1.29 is 9.53 Å². The first-order chi connectivity index (χ1) is 14.9. The molecule has 3 aromatic rings. The van der Waals surface area contributed by atoms with Gasteiger partial charge >= 0.3 is 0 Å². The molecule has 0 aliphatic heterocycles. The third-order valence-electron chi connectivity index (χ3n) is 4.86. The summed E-state index contributed by atoms with van der Waals surface area (Å²) in [6.45, 7) is 4.19. The van der Waals surface area contributed by atoms with E-state index in [0.717, 1.165) is 12.8 Å². The third kappa shape index (κ3) is 7.01. The molecule has 31 heavy (non-hydrogen) atoms. The van der Waals surface area contributed by atoms with Crippen molar-refractivity contribution in [3.63, 3.8) is 0 Å². The van der Waals surface area contributed by atoms with Gasteiger partial charge in [0.15, 0.2) is 11.0 Å². The summed E-state index contributed by atoms with van der Waals surface area (Å²) in [4.78, 5) is 12.6. The molecular formula is C23H27ClN4O2S. The summed E-state index contributed by atoms with van der Waals surface area (Å²) >= 11 is 7.27. The van der Waals surface area contributed by atoms with Crippen LogP contribution in [0.25, 0.3) is 0 Å². The lowest BCUT2D eigenvalue weighted by molar-refractivity contribution is -0.120. The Morgan fingerprint density at radius 2 is 1.84 bits per heavy atom. The highest BCUT2D eigenvalue weighted by Crippen LogP contribution is 2.23. The van der Waals surface area contributed by atoms with Crippen LogP contribution in [0.3, 0.4) is 0 Å². The molecule has 1 amide bonds. The predicted molar refractivity (Wildman–Crippen MR) is 124 cm³/mol. The minimum absolute atomic E-state index is 0.00692. The smallest absolute Gasteiger partial charge is 0.233 e. The van der Waals surface area contributed by atoms with Gasteiger partial charge in [-0.15, -0.1) is 10.2 Å². The zero-order valence-electron chi connectivity index (χ0n) is 17.9. The largest absolute Gasteiger partial charge is 0.486 e. The molecule has 0 saturated heterocycles. The molecule has 3 rings (SSSR count). The summed E-state index contributed by atoms with van der Waals surface area (Å²) in [6.07, 6.45) is 1.83. The number of thioether (sulfide) groups is 1. The molecule has 6 nitrogen and oxygen atoms in total. The van der Waals surface area contributed by atoms with E-state index in [-0.39, 0.29) is 23.8 Å². The molecule has 0 saturated carbocycles. The van der Waals surface area contributed by atoms with E-state index in [9.17, 15) is 4.79 Å². The average molecular weight is 459 g/mol. The first-order valence-corrected chi connectivity index (χ1v) is 11.5. The predicted octanol–water partition coefficient (Wildman–Crippen LogP) is 4.67. The highest BCUT2D eigenvalue weighted by molar-refractivity contribution is 8.00. The van der Waals surface area contributed by atoms with E-state index in [1.54, 1.807) is 24.3 Å². The number of hydrogen-bond donors (Lipinski definition) is 1. The topological polar surface area (TPSA) is 69.0 Å². The zero-order chi connectivity index (χ0) is 22.2. The molecule has 2 aromatic carbocycles. The SMILES string of the molecule is CC(CCc1ccccc1)NC(=O)C(C)Sc1nnc(COc2ccc(Cl)cc2)n1C. The average Bonchev–Trinajstić information content (AvgIpc) is 3.11. The Kier molecular flexibility index (Phi) is 8.37. The normalized spacial score (nSPS) is 12.9. The van der Waals surface area contributed by atoms with E-state index in [2.05, 4.69) is 27.6 Å². The number of carbonyl (C=O) groups excluding carboxylic acids is 1. The van der Waals surface area contributed by atoms with Crippen molar-refractivity contribution in [3.8, 4) is 5.75 Å². The maximum Gasteiger partial charge on any atom is 0.233 e. The molecule has 164 valence electrons. The van der Waals surface area contributed by atoms with E-state index >= 15 is 0 Å². The number of rotatable bonds is 10. The van der Waals surface area contributed by atoms with Gasteiger partial charge in [0.2, 0.25) is 5.91 Å². The molecule has 0 spiro atoms. The molecule has 1 heterocycles. The number of halogens is 1. The van der Waals surface area contributed by atoms with Gasteiger partial charge in [-0.1, -0.05) is 53.7 Å². The number of carbonyl (C=O) groups is 1. The van der Waals surface area contributed by atoms with Crippen LogP contribution in [0.15, 0.2) is 59.8 Å². The van der Waals surface area contributed by atoms with Gasteiger partial charge in [0.1, 0.15) is 12.4 Å². The molecule has 2 unspecified atom stereocenters. The molecule has 0 aliphatic carbocycles. The van der Waals surface area contributed by atoms with Crippen LogP contribution in [0, 0.1) is 0 Å². The van der Waals surface area contributed by atoms with Crippen LogP contribution < -0.4 is 10.1 Å². The van der Waals surface area contributed by atoms with Crippen LogP contribution in [0.4, 0.5) is 0 Å². The highest BCUT2D eigenvalue weighted by atomic mass is 35.5. The monoisotopic (exact) mass is 458 g/mol. The number of nitrogens with one attached hydrogen (secondary N) is 1. The van der Waals surface area contributed by atoms with Crippen LogP contribution >= 0.6 is 23.4 Å². The van der Waals surface area contributed by atoms with Crippen molar-refractivity contribution in [2.24, 2.45) is 7.05 Å². The standard InChI is InChI=1S/C23H27ClN4O2S/c1-16(9-10-18-7-5-4-6-8-18)25-22(29)17(2)31-23-27-26-21(28(23)3)15-30-20-13-11-19(24)12-14-20/h4-8,11-14,16-17H,9-10,15H2,1-3H3,(H,25,29). The van der Waals surface area contributed by atoms with Crippen molar-refractivity contribution >= 4 is 29.3 Å². The van der Waals surface area contributed by atoms with E-state index in [1.807, 2.05) is 43.7 Å². The first kappa shape index (κ1) is 23.2. The quantitative estimate of drug-likeness (QED) is 0.447. The van der Waals surface area contributed by atoms with E-state index in [0.29, 0.717) is 21.8 Å². The van der Waals surface area contributed by atoms with Gasteiger partial charge < -0.3 is 14.6 Å². The molecule has 0 aliphatic rings. The number of nitrogens with zero attached hydrogens (tertiary/aromatic N) is 3. The van der Waals surface area contributed by atoms with Crippen molar-refractivity contribution in [2.45, 2.75) is 49.7 Å². The maximum atomic E-state index is 12.6. The van der Waals surface area contributed by atoms with Gasteiger partial charge in [0, 0.05) is 18.1 Å². The second kappa shape index (κ2) is 11.2. The van der Waals surface area contributed by atoms with Crippen LogP contribution in [-0.2, 0) is 24.9 Å². The molecule has 8 heteroatoms. The van der Waals surface area contributed by atoms with Crippen LogP contribution in [0.2, 0.25) is 5.02 Å². The van der Waals surface area contributed by atoms with Gasteiger partial charge in [-0.25, -0.2) is 0 Å². The lowest BCUT2D eigenvalue weighted by Gasteiger charge is -2.17. The number of benzene rings is 2. The minimum atomic E-state index is -0.285. The first-order valence-electron chi connectivity index (χ1n) is 10.2. The maximum absolute atomic E-state index is 12.6. The number of aryl methyl sites for hydroxylation is 1. The molecule has 1 aromatic heterocycles. The lowest BCUT2D eigenvalue weighted by atomic mass is 10.1. The Hall–Kier alpha value is -2.51. The second-order valence-electron chi connectivity index (χ2n) is 7.39. The fourth-order valence-corrected chi connectivity index (χ4v) is 3.89. The van der Waals surface area contributed by atoms with E-state index in [1.165, 1.54) is 17.3 Å². The number of hydrogen-bond acceptors (Lipinski definition) is 5. The second-order valence-corrected chi connectivity index (χ2v) is 9.14. The van der Waals surface area contributed by atoms with Gasteiger partial charge in [-0.2, -0.15) is 0 Å². The van der Waals surface area contributed by atoms with Crippen molar-refractivity contribution in [2.75, 3.05) is 0 Å². The fourth-order valence-electron chi connectivity index (χ4n) is 2.92. The Bertz CT molecular complexity index is 979. The summed E-state index contributed by atoms with van der Waals surface area (Å²) in [5, 5.41) is 12.6. The van der Waals surface area contributed by atoms with Crippen molar-refractivity contribution in [1.29, 1.82) is 0 Å². The number of aromatic nitrogens is 3. The van der Waals surface area contributed by atoms with Crippen molar-refractivity contribution in [1.82, 2.24) is 20.1 Å². The fraction of sp³-hybridized carbons (Fsp3) is 0.348. The number of amides is 1. The summed E-state index contributed by atoms with van der Waals surface area (Å²) in [7, 11) is 1.87. The summed E-state index contributed by atoms with van der Waals surface area (Å²) in [6, 6.07) is 17.5. The Morgan fingerprint density at radius 3 is 2.55 bits per heavy atom. The molecular weight excluding hydrogens is 432 g/mol.